The smallest absolute Gasteiger partial charge is 0.303 e. The number of hydrogen-bond donors (Lipinski definition) is 1. The van der Waals surface area contributed by atoms with Crippen LogP contribution in [0, 0.1) is 0 Å². The standard InChI is InChI=1S/C26H50O5/c1-30-23-24-31-22-18-20-25(27)19-16-14-12-10-8-6-4-2-3-5-7-9-11-13-15-17-21-26(28)29/h2-24H2,1H3,(H,28,29). The lowest BCUT2D eigenvalue weighted by Gasteiger charge is -2.04. The zero-order valence-corrected chi connectivity index (χ0v) is 20.3. The number of aliphatic carboxylic acids is 1. The van der Waals surface area contributed by atoms with E-state index in [-0.39, 0.29) is 0 Å². The summed E-state index contributed by atoms with van der Waals surface area (Å²) in [6.07, 6.45) is 22.4. The van der Waals surface area contributed by atoms with Gasteiger partial charge >= 0.3 is 5.97 Å². The summed E-state index contributed by atoms with van der Waals surface area (Å²) in [5, 5.41) is 8.59. The molecule has 0 aromatic carbocycles. The molecule has 0 heterocycles. The van der Waals surface area contributed by atoms with Gasteiger partial charge in [0.15, 0.2) is 0 Å². The zero-order chi connectivity index (χ0) is 22.8. The second-order valence-corrected chi connectivity index (χ2v) is 8.80. The van der Waals surface area contributed by atoms with E-state index in [4.69, 9.17) is 14.6 Å². The first kappa shape index (κ1) is 30.1. The second kappa shape index (κ2) is 25.3. The molecule has 0 saturated heterocycles. The molecule has 5 heteroatoms. The summed E-state index contributed by atoms with van der Waals surface area (Å²) in [4.78, 5) is 22.2. The van der Waals surface area contributed by atoms with E-state index in [0.29, 0.717) is 38.4 Å². The van der Waals surface area contributed by atoms with Crippen molar-refractivity contribution < 1.29 is 24.2 Å². The van der Waals surface area contributed by atoms with Gasteiger partial charge in [0.05, 0.1) is 13.2 Å². The minimum Gasteiger partial charge on any atom is -0.481 e. The summed E-state index contributed by atoms with van der Waals surface area (Å²) in [5.41, 5.74) is 0. The van der Waals surface area contributed by atoms with Crippen LogP contribution in [0.25, 0.3) is 0 Å². The van der Waals surface area contributed by atoms with Gasteiger partial charge < -0.3 is 14.6 Å². The monoisotopic (exact) mass is 442 g/mol. The molecule has 0 saturated carbocycles. The number of carbonyl (C=O) groups is 2. The first-order chi connectivity index (χ1) is 15.2. The molecule has 0 unspecified atom stereocenters. The van der Waals surface area contributed by atoms with Crippen molar-refractivity contribution in [2.75, 3.05) is 26.9 Å². The van der Waals surface area contributed by atoms with Crippen LogP contribution in [-0.4, -0.2) is 43.8 Å². The number of ether oxygens (including phenoxy) is 2. The Morgan fingerprint density at radius 1 is 0.516 bits per heavy atom. The number of Topliss-reactive ketones (excluding diaryl/α,β-unsaturated/α-hetero) is 1. The molecule has 0 aromatic heterocycles. The largest absolute Gasteiger partial charge is 0.481 e. The fraction of sp³-hybridized carbons (Fsp3) is 0.923. The van der Waals surface area contributed by atoms with Gasteiger partial charge in [-0.25, -0.2) is 0 Å². The molecule has 184 valence electrons. The number of carboxylic acids is 1. The Balaban J connectivity index is 3.12. The Kier molecular flexibility index (Phi) is 24.6. The molecule has 31 heavy (non-hydrogen) atoms. The van der Waals surface area contributed by atoms with Crippen molar-refractivity contribution in [3.8, 4) is 0 Å². The van der Waals surface area contributed by atoms with Gasteiger partial charge in [-0.2, -0.15) is 0 Å². The maximum absolute atomic E-state index is 11.8. The highest BCUT2D eigenvalue weighted by molar-refractivity contribution is 5.78. The fourth-order valence-electron chi connectivity index (χ4n) is 3.81. The third-order valence-corrected chi connectivity index (χ3v) is 5.77. The Hall–Kier alpha value is -0.940. The fourth-order valence-corrected chi connectivity index (χ4v) is 3.81. The lowest BCUT2D eigenvalue weighted by molar-refractivity contribution is -0.137. The van der Waals surface area contributed by atoms with Crippen LogP contribution < -0.4 is 0 Å². The molecular weight excluding hydrogens is 392 g/mol. The van der Waals surface area contributed by atoms with Crippen molar-refractivity contribution in [1.82, 2.24) is 0 Å². The Labute approximate surface area is 191 Å². The molecular formula is C26H50O5. The number of ketones is 1. The van der Waals surface area contributed by atoms with E-state index in [0.717, 1.165) is 32.1 Å². The maximum Gasteiger partial charge on any atom is 0.303 e. The normalized spacial score (nSPS) is 11.1. The number of methoxy groups -OCH3 is 1. The molecule has 0 radical (unpaired) electrons. The number of unbranched alkanes of at least 4 members (excludes halogenated alkanes) is 15. The van der Waals surface area contributed by atoms with Crippen molar-refractivity contribution in [2.24, 2.45) is 0 Å². The van der Waals surface area contributed by atoms with Crippen LogP contribution >= 0.6 is 0 Å². The number of carbonyl (C=O) groups excluding carboxylic acids is 1. The lowest BCUT2D eigenvalue weighted by atomic mass is 10.0. The van der Waals surface area contributed by atoms with E-state index < -0.39 is 5.97 Å². The summed E-state index contributed by atoms with van der Waals surface area (Å²) < 4.78 is 10.3. The van der Waals surface area contributed by atoms with Gasteiger partial charge in [-0.1, -0.05) is 89.9 Å². The molecule has 0 aliphatic rings. The summed E-state index contributed by atoms with van der Waals surface area (Å²) in [6, 6.07) is 0. The number of rotatable bonds is 26. The number of hydrogen-bond acceptors (Lipinski definition) is 4. The highest BCUT2D eigenvalue weighted by Gasteiger charge is 2.02. The van der Waals surface area contributed by atoms with Crippen LogP contribution in [0.3, 0.4) is 0 Å². The molecule has 0 atom stereocenters. The average molecular weight is 443 g/mol. The molecule has 1 N–H and O–H groups in total. The van der Waals surface area contributed by atoms with Crippen LogP contribution in [0.4, 0.5) is 0 Å². The minimum absolute atomic E-state index is 0.326. The van der Waals surface area contributed by atoms with Crippen LogP contribution in [0.15, 0.2) is 0 Å². The summed E-state index contributed by atoms with van der Waals surface area (Å²) in [6.45, 7) is 1.89. The molecule has 0 spiro atoms. The van der Waals surface area contributed by atoms with Crippen LogP contribution in [0.5, 0.6) is 0 Å². The minimum atomic E-state index is -0.668. The van der Waals surface area contributed by atoms with Gasteiger partial charge in [0.25, 0.3) is 0 Å². The summed E-state index contributed by atoms with van der Waals surface area (Å²) in [5.74, 6) is -0.285. The first-order valence-corrected chi connectivity index (χ1v) is 13.0. The predicted molar refractivity (Wildman–Crippen MR) is 128 cm³/mol. The zero-order valence-electron chi connectivity index (χ0n) is 20.3. The van der Waals surface area contributed by atoms with Crippen molar-refractivity contribution in [3.63, 3.8) is 0 Å². The topological polar surface area (TPSA) is 72.8 Å². The summed E-state index contributed by atoms with van der Waals surface area (Å²) in [7, 11) is 1.66. The van der Waals surface area contributed by atoms with Gasteiger partial charge in [0.1, 0.15) is 5.78 Å². The first-order valence-electron chi connectivity index (χ1n) is 13.0. The van der Waals surface area contributed by atoms with E-state index in [2.05, 4.69) is 0 Å². The maximum atomic E-state index is 11.8. The molecule has 0 aliphatic carbocycles. The quantitative estimate of drug-likeness (QED) is 0.145. The second-order valence-electron chi connectivity index (χ2n) is 8.80. The molecule has 5 nitrogen and oxygen atoms in total. The van der Waals surface area contributed by atoms with Crippen molar-refractivity contribution in [3.05, 3.63) is 0 Å². The van der Waals surface area contributed by atoms with E-state index >= 15 is 0 Å². The van der Waals surface area contributed by atoms with Gasteiger partial charge in [0, 0.05) is 33.0 Å². The molecule has 0 rings (SSSR count). The molecule has 0 fully saturated rings. The van der Waals surface area contributed by atoms with E-state index in [9.17, 15) is 9.59 Å². The predicted octanol–water partition coefficient (Wildman–Crippen LogP) is 7.11. The molecule has 0 aliphatic heterocycles. The highest BCUT2D eigenvalue weighted by Crippen LogP contribution is 2.14. The van der Waals surface area contributed by atoms with Gasteiger partial charge in [0.2, 0.25) is 0 Å². The van der Waals surface area contributed by atoms with Gasteiger partial charge in [-0.05, 0) is 19.3 Å². The number of carboxylic acid groups (broad SMARTS) is 1. The van der Waals surface area contributed by atoms with Crippen LogP contribution in [0.2, 0.25) is 0 Å². The Morgan fingerprint density at radius 2 is 0.903 bits per heavy atom. The van der Waals surface area contributed by atoms with Gasteiger partial charge in [-0.15, -0.1) is 0 Å². The Bertz CT molecular complexity index is 397. The SMILES string of the molecule is COCCOCCCC(=O)CCCCCCCCCCCCCCCCCCC(=O)O. The molecule has 0 bridgehead atoms. The van der Waals surface area contributed by atoms with E-state index in [1.807, 2.05) is 0 Å². The summed E-state index contributed by atoms with van der Waals surface area (Å²) >= 11 is 0. The van der Waals surface area contributed by atoms with Crippen molar-refractivity contribution in [2.45, 2.75) is 128 Å². The highest BCUT2D eigenvalue weighted by atomic mass is 16.5. The van der Waals surface area contributed by atoms with Crippen molar-refractivity contribution in [1.29, 1.82) is 0 Å². The van der Waals surface area contributed by atoms with E-state index in [1.54, 1.807) is 7.11 Å². The molecule has 0 aromatic rings. The Morgan fingerprint density at radius 3 is 1.32 bits per heavy atom. The van der Waals surface area contributed by atoms with Crippen molar-refractivity contribution >= 4 is 11.8 Å². The van der Waals surface area contributed by atoms with Crippen LogP contribution in [0.1, 0.15) is 128 Å². The van der Waals surface area contributed by atoms with Gasteiger partial charge in [-0.3, -0.25) is 9.59 Å². The van der Waals surface area contributed by atoms with E-state index in [1.165, 1.54) is 83.5 Å². The third kappa shape index (κ3) is 27.0. The lowest BCUT2D eigenvalue weighted by Crippen LogP contribution is -2.05. The third-order valence-electron chi connectivity index (χ3n) is 5.77. The molecule has 0 amide bonds. The van der Waals surface area contributed by atoms with Crippen LogP contribution in [-0.2, 0) is 19.1 Å². The average Bonchev–Trinajstić information content (AvgIpc) is 2.75.